The van der Waals surface area contributed by atoms with Gasteiger partial charge >= 0.3 is 12.0 Å². The second kappa shape index (κ2) is 5.21. The Labute approximate surface area is 104 Å². The third-order valence-electron chi connectivity index (χ3n) is 2.76. The predicted molar refractivity (Wildman–Crippen MR) is 60.7 cm³/mol. The number of aliphatic carboxylic acids is 1. The van der Waals surface area contributed by atoms with Crippen molar-refractivity contribution in [2.75, 3.05) is 13.2 Å². The molecule has 0 aliphatic carbocycles. The zero-order valence-corrected chi connectivity index (χ0v) is 10.2. The number of urea groups is 1. The van der Waals surface area contributed by atoms with Crippen LogP contribution < -0.4 is 16.4 Å². The molecule has 0 aromatic rings. The SMILES string of the molecule is CC(C)(NC(=O)NC1COCC1C(=O)O)C(N)=O. The fourth-order valence-corrected chi connectivity index (χ4v) is 1.49. The number of nitrogens with two attached hydrogens (primary N) is 1. The van der Waals surface area contributed by atoms with Crippen molar-refractivity contribution in [1.82, 2.24) is 10.6 Å². The molecular weight excluding hydrogens is 242 g/mol. The zero-order chi connectivity index (χ0) is 13.9. The van der Waals surface area contributed by atoms with Crippen molar-refractivity contribution in [1.29, 1.82) is 0 Å². The Morgan fingerprint density at radius 3 is 2.44 bits per heavy atom. The number of amides is 3. The third kappa shape index (κ3) is 3.33. The molecule has 1 aliphatic heterocycles. The Kier molecular flexibility index (Phi) is 4.12. The summed E-state index contributed by atoms with van der Waals surface area (Å²) in [6, 6.07) is -1.27. The van der Waals surface area contributed by atoms with E-state index in [-0.39, 0.29) is 13.2 Å². The molecule has 1 aliphatic rings. The van der Waals surface area contributed by atoms with Crippen LogP contribution in [0.15, 0.2) is 0 Å². The van der Waals surface area contributed by atoms with Crippen molar-refractivity contribution < 1.29 is 24.2 Å². The van der Waals surface area contributed by atoms with Gasteiger partial charge in [-0.1, -0.05) is 0 Å². The highest BCUT2D eigenvalue weighted by Gasteiger charge is 2.36. The molecule has 0 spiro atoms. The molecule has 1 fully saturated rings. The van der Waals surface area contributed by atoms with Crippen molar-refractivity contribution >= 4 is 17.9 Å². The second-order valence-corrected chi connectivity index (χ2v) is 4.68. The molecule has 0 aromatic carbocycles. The Hall–Kier alpha value is -1.83. The number of nitrogens with one attached hydrogen (secondary N) is 2. The number of carbonyl (C=O) groups is 3. The number of carboxylic acids is 1. The number of carbonyl (C=O) groups excluding carboxylic acids is 2. The molecule has 8 nitrogen and oxygen atoms in total. The summed E-state index contributed by atoms with van der Waals surface area (Å²) in [5.74, 6) is -2.51. The summed E-state index contributed by atoms with van der Waals surface area (Å²) in [5.41, 5.74) is 3.90. The van der Waals surface area contributed by atoms with Gasteiger partial charge in [-0.05, 0) is 13.8 Å². The summed E-state index contributed by atoms with van der Waals surface area (Å²) < 4.78 is 4.99. The minimum atomic E-state index is -1.21. The first kappa shape index (κ1) is 14.2. The van der Waals surface area contributed by atoms with Crippen LogP contribution >= 0.6 is 0 Å². The number of hydrogen-bond acceptors (Lipinski definition) is 4. The molecule has 0 saturated carbocycles. The van der Waals surface area contributed by atoms with E-state index in [9.17, 15) is 14.4 Å². The van der Waals surface area contributed by atoms with Crippen molar-refractivity contribution in [3.8, 4) is 0 Å². The molecule has 1 saturated heterocycles. The standard InChI is InChI=1S/C10H17N3O5/c1-10(2,8(11)16)13-9(17)12-6-4-18-3-5(6)7(14)15/h5-6H,3-4H2,1-2H3,(H2,11,16)(H,14,15)(H2,12,13,17). The Bertz CT molecular complexity index is 369. The van der Waals surface area contributed by atoms with E-state index in [1.807, 2.05) is 0 Å². The topological polar surface area (TPSA) is 131 Å². The van der Waals surface area contributed by atoms with Gasteiger partial charge in [0, 0.05) is 0 Å². The van der Waals surface area contributed by atoms with Gasteiger partial charge in [0.2, 0.25) is 5.91 Å². The fourth-order valence-electron chi connectivity index (χ4n) is 1.49. The van der Waals surface area contributed by atoms with Crippen LogP contribution in [0.2, 0.25) is 0 Å². The molecule has 0 radical (unpaired) electrons. The molecule has 1 rings (SSSR count). The van der Waals surface area contributed by atoms with Crippen LogP contribution in [-0.2, 0) is 14.3 Å². The average molecular weight is 259 g/mol. The number of carboxylic acid groups (broad SMARTS) is 1. The Morgan fingerprint density at radius 1 is 1.33 bits per heavy atom. The summed E-state index contributed by atoms with van der Waals surface area (Å²) in [6.07, 6.45) is 0. The molecule has 102 valence electrons. The summed E-state index contributed by atoms with van der Waals surface area (Å²) in [7, 11) is 0. The largest absolute Gasteiger partial charge is 0.481 e. The highest BCUT2D eigenvalue weighted by molar-refractivity contribution is 5.89. The van der Waals surface area contributed by atoms with Crippen LogP contribution in [0.5, 0.6) is 0 Å². The smallest absolute Gasteiger partial charge is 0.315 e. The van der Waals surface area contributed by atoms with E-state index in [1.54, 1.807) is 0 Å². The lowest BCUT2D eigenvalue weighted by Crippen LogP contribution is -2.58. The highest BCUT2D eigenvalue weighted by Crippen LogP contribution is 2.13. The van der Waals surface area contributed by atoms with Gasteiger partial charge in [0.05, 0.1) is 19.3 Å². The number of hydrogen-bond donors (Lipinski definition) is 4. The van der Waals surface area contributed by atoms with Crippen molar-refractivity contribution in [3.05, 3.63) is 0 Å². The van der Waals surface area contributed by atoms with Gasteiger partial charge < -0.3 is 26.2 Å². The van der Waals surface area contributed by atoms with Crippen LogP contribution in [0.4, 0.5) is 4.79 Å². The van der Waals surface area contributed by atoms with Gasteiger partial charge in [0.15, 0.2) is 0 Å². The second-order valence-electron chi connectivity index (χ2n) is 4.68. The quantitative estimate of drug-likeness (QED) is 0.495. The maximum Gasteiger partial charge on any atom is 0.315 e. The summed E-state index contributed by atoms with van der Waals surface area (Å²) in [6.45, 7) is 3.09. The van der Waals surface area contributed by atoms with E-state index in [4.69, 9.17) is 15.6 Å². The van der Waals surface area contributed by atoms with Gasteiger partial charge in [0.1, 0.15) is 11.5 Å². The maximum absolute atomic E-state index is 11.6. The molecule has 0 aromatic heterocycles. The van der Waals surface area contributed by atoms with Crippen molar-refractivity contribution in [2.24, 2.45) is 11.7 Å². The van der Waals surface area contributed by atoms with E-state index in [0.29, 0.717) is 0 Å². The van der Waals surface area contributed by atoms with Crippen LogP contribution in [0.1, 0.15) is 13.8 Å². The summed E-state index contributed by atoms with van der Waals surface area (Å²) >= 11 is 0. The van der Waals surface area contributed by atoms with Crippen molar-refractivity contribution in [3.63, 3.8) is 0 Å². The molecular formula is C10H17N3O5. The molecule has 2 atom stereocenters. The zero-order valence-electron chi connectivity index (χ0n) is 10.2. The van der Waals surface area contributed by atoms with E-state index in [2.05, 4.69) is 10.6 Å². The predicted octanol–water partition coefficient (Wildman–Crippen LogP) is -1.35. The molecule has 1 heterocycles. The van der Waals surface area contributed by atoms with E-state index in [0.717, 1.165) is 0 Å². The minimum Gasteiger partial charge on any atom is -0.481 e. The molecule has 0 bridgehead atoms. The highest BCUT2D eigenvalue weighted by atomic mass is 16.5. The third-order valence-corrected chi connectivity index (χ3v) is 2.76. The van der Waals surface area contributed by atoms with Gasteiger partial charge in [-0.2, -0.15) is 0 Å². The van der Waals surface area contributed by atoms with Gasteiger partial charge in [-0.3, -0.25) is 9.59 Å². The van der Waals surface area contributed by atoms with E-state index >= 15 is 0 Å². The molecule has 8 heteroatoms. The Balaban J connectivity index is 2.55. The fraction of sp³-hybridized carbons (Fsp3) is 0.700. The summed E-state index contributed by atoms with van der Waals surface area (Å²) in [5, 5.41) is 13.7. The maximum atomic E-state index is 11.6. The van der Waals surface area contributed by atoms with Gasteiger partial charge in [0.25, 0.3) is 0 Å². The molecule has 5 N–H and O–H groups in total. The number of rotatable bonds is 4. The van der Waals surface area contributed by atoms with Gasteiger partial charge in [-0.15, -0.1) is 0 Å². The average Bonchev–Trinajstić information content (AvgIpc) is 2.64. The molecule has 2 unspecified atom stereocenters. The lowest BCUT2D eigenvalue weighted by Gasteiger charge is -2.24. The number of primary amides is 1. The van der Waals surface area contributed by atoms with Crippen molar-refractivity contribution in [2.45, 2.75) is 25.4 Å². The monoisotopic (exact) mass is 259 g/mol. The first-order valence-corrected chi connectivity index (χ1v) is 5.43. The van der Waals surface area contributed by atoms with Gasteiger partial charge in [-0.25, -0.2) is 4.79 Å². The lowest BCUT2D eigenvalue weighted by molar-refractivity contribution is -0.142. The van der Waals surface area contributed by atoms with E-state index < -0.39 is 35.4 Å². The lowest BCUT2D eigenvalue weighted by atomic mass is 10.0. The van der Waals surface area contributed by atoms with Crippen LogP contribution in [-0.4, -0.2) is 47.8 Å². The Morgan fingerprint density at radius 2 is 1.94 bits per heavy atom. The van der Waals surface area contributed by atoms with E-state index in [1.165, 1.54) is 13.8 Å². The normalized spacial score (nSPS) is 23.4. The molecule has 3 amide bonds. The minimum absolute atomic E-state index is 0.0551. The summed E-state index contributed by atoms with van der Waals surface area (Å²) in [4.78, 5) is 33.5. The van der Waals surface area contributed by atoms with Crippen LogP contribution in [0.25, 0.3) is 0 Å². The molecule has 18 heavy (non-hydrogen) atoms. The van der Waals surface area contributed by atoms with Crippen LogP contribution in [0.3, 0.4) is 0 Å². The van der Waals surface area contributed by atoms with Crippen LogP contribution in [0, 0.1) is 5.92 Å². The first-order chi connectivity index (χ1) is 8.24. The first-order valence-electron chi connectivity index (χ1n) is 5.43. The number of ether oxygens (including phenoxy) is 1.